The number of aryl methyl sites for hydroxylation is 1. The van der Waals surface area contributed by atoms with E-state index >= 15 is 0 Å². The van der Waals surface area contributed by atoms with E-state index in [1.807, 2.05) is 6.92 Å². The van der Waals surface area contributed by atoms with Crippen molar-refractivity contribution in [3.63, 3.8) is 0 Å². The van der Waals surface area contributed by atoms with Crippen molar-refractivity contribution in [3.05, 3.63) is 11.6 Å². The van der Waals surface area contributed by atoms with Crippen molar-refractivity contribution in [2.75, 3.05) is 6.61 Å². The van der Waals surface area contributed by atoms with Gasteiger partial charge in [-0.3, -0.25) is 0 Å². The van der Waals surface area contributed by atoms with Crippen molar-refractivity contribution in [2.24, 2.45) is 0 Å². The minimum atomic E-state index is 0.601. The Bertz CT molecular complexity index is 282. The van der Waals surface area contributed by atoms with Gasteiger partial charge in [0.05, 0.1) is 0 Å². The number of fused-ring (bicyclic) bond motifs is 1. The molecule has 1 aromatic heterocycles. The van der Waals surface area contributed by atoms with Crippen LogP contribution in [0.5, 0.6) is 0 Å². The summed E-state index contributed by atoms with van der Waals surface area (Å²) >= 11 is 0. The van der Waals surface area contributed by atoms with Gasteiger partial charge in [0.1, 0.15) is 12.4 Å². The molecule has 0 N–H and O–H groups in total. The summed E-state index contributed by atoms with van der Waals surface area (Å²) in [5.41, 5.74) is 0. The number of aromatic nitrogens is 3. The van der Waals surface area contributed by atoms with E-state index in [0.717, 1.165) is 31.2 Å². The van der Waals surface area contributed by atoms with Gasteiger partial charge < -0.3 is 9.30 Å². The lowest BCUT2D eigenvalue weighted by atomic mass is 10.2. The summed E-state index contributed by atoms with van der Waals surface area (Å²) in [5, 5.41) is 8.27. The van der Waals surface area contributed by atoms with Crippen molar-refractivity contribution in [1.29, 1.82) is 0 Å². The lowest BCUT2D eigenvalue weighted by Crippen LogP contribution is -2.13. The van der Waals surface area contributed by atoms with E-state index in [-0.39, 0.29) is 0 Å². The van der Waals surface area contributed by atoms with Gasteiger partial charge in [0.25, 0.3) is 0 Å². The van der Waals surface area contributed by atoms with Gasteiger partial charge in [-0.15, -0.1) is 10.2 Å². The zero-order valence-electron chi connectivity index (χ0n) is 7.99. The molecule has 0 fully saturated rings. The normalized spacial score (nSPS) is 15.8. The van der Waals surface area contributed by atoms with Gasteiger partial charge in [-0.2, -0.15) is 0 Å². The van der Waals surface area contributed by atoms with Gasteiger partial charge in [0.2, 0.25) is 0 Å². The van der Waals surface area contributed by atoms with E-state index in [2.05, 4.69) is 14.8 Å². The Labute approximate surface area is 77.9 Å². The molecule has 0 amide bonds. The summed E-state index contributed by atoms with van der Waals surface area (Å²) < 4.78 is 7.51. The van der Waals surface area contributed by atoms with Crippen LogP contribution in [0.25, 0.3) is 0 Å². The molecule has 2 rings (SSSR count). The molecule has 0 aromatic carbocycles. The van der Waals surface area contributed by atoms with Crippen molar-refractivity contribution >= 4 is 0 Å². The molecule has 13 heavy (non-hydrogen) atoms. The molecule has 72 valence electrons. The number of hydrogen-bond donors (Lipinski definition) is 0. The van der Waals surface area contributed by atoms with Crippen LogP contribution >= 0.6 is 0 Å². The molecular formula is C9H15N3O. The molecule has 1 aliphatic rings. The highest BCUT2D eigenvalue weighted by atomic mass is 16.5. The van der Waals surface area contributed by atoms with Crippen LogP contribution in [0.1, 0.15) is 31.4 Å². The van der Waals surface area contributed by atoms with E-state index in [9.17, 15) is 0 Å². The Balaban J connectivity index is 2.12. The van der Waals surface area contributed by atoms with Crippen LogP contribution in [-0.2, 0) is 24.3 Å². The van der Waals surface area contributed by atoms with Crippen LogP contribution in [0.15, 0.2) is 0 Å². The molecule has 1 aromatic rings. The maximum Gasteiger partial charge on any atom is 0.159 e. The third-order valence-corrected chi connectivity index (χ3v) is 2.37. The van der Waals surface area contributed by atoms with Crippen molar-refractivity contribution in [1.82, 2.24) is 14.8 Å². The molecule has 0 aliphatic carbocycles. The van der Waals surface area contributed by atoms with E-state index in [4.69, 9.17) is 4.74 Å². The molecule has 0 atom stereocenters. The molecule has 0 saturated carbocycles. The summed E-state index contributed by atoms with van der Waals surface area (Å²) in [4.78, 5) is 0. The highest BCUT2D eigenvalue weighted by Crippen LogP contribution is 2.14. The molecule has 4 nitrogen and oxygen atoms in total. The fourth-order valence-electron chi connectivity index (χ4n) is 1.67. The predicted molar refractivity (Wildman–Crippen MR) is 48.3 cm³/mol. The lowest BCUT2D eigenvalue weighted by Gasteiger charge is -2.14. The van der Waals surface area contributed by atoms with Crippen molar-refractivity contribution < 1.29 is 4.74 Å². The fourth-order valence-corrected chi connectivity index (χ4v) is 1.67. The Kier molecular flexibility index (Phi) is 2.59. The van der Waals surface area contributed by atoms with Gasteiger partial charge >= 0.3 is 0 Å². The number of rotatable bonds is 3. The van der Waals surface area contributed by atoms with E-state index in [1.165, 1.54) is 12.8 Å². The number of hydrogen-bond acceptors (Lipinski definition) is 3. The topological polar surface area (TPSA) is 39.9 Å². The molecular weight excluding hydrogens is 166 g/mol. The number of nitrogens with zero attached hydrogens (tertiary/aromatic N) is 3. The maximum atomic E-state index is 5.32. The standard InChI is InChI=1S/C9H15N3O/c1-2-13-7-9-11-10-8-5-3-4-6-12(8)9/h2-7H2,1H3. The predicted octanol–water partition coefficient (Wildman–Crippen LogP) is 1.15. The van der Waals surface area contributed by atoms with Crippen LogP contribution in [-0.4, -0.2) is 21.4 Å². The Morgan fingerprint density at radius 1 is 1.38 bits per heavy atom. The smallest absolute Gasteiger partial charge is 0.159 e. The van der Waals surface area contributed by atoms with Gasteiger partial charge in [-0.25, -0.2) is 0 Å². The van der Waals surface area contributed by atoms with Gasteiger partial charge in [0.15, 0.2) is 5.82 Å². The minimum absolute atomic E-state index is 0.601. The van der Waals surface area contributed by atoms with Crippen LogP contribution in [0, 0.1) is 0 Å². The Hall–Kier alpha value is -0.900. The summed E-state index contributed by atoms with van der Waals surface area (Å²) in [6, 6.07) is 0. The molecule has 1 aliphatic heterocycles. The van der Waals surface area contributed by atoms with Crippen LogP contribution < -0.4 is 0 Å². The quantitative estimate of drug-likeness (QED) is 0.702. The van der Waals surface area contributed by atoms with Gasteiger partial charge in [0, 0.05) is 19.6 Å². The third-order valence-electron chi connectivity index (χ3n) is 2.37. The molecule has 0 spiro atoms. The second-order valence-corrected chi connectivity index (χ2v) is 3.28. The first-order chi connectivity index (χ1) is 6.42. The maximum absolute atomic E-state index is 5.32. The van der Waals surface area contributed by atoms with Crippen LogP contribution in [0.3, 0.4) is 0 Å². The SMILES string of the molecule is CCOCc1nnc2n1CCCC2. The average molecular weight is 181 g/mol. The van der Waals surface area contributed by atoms with E-state index in [1.54, 1.807) is 0 Å². The fraction of sp³-hybridized carbons (Fsp3) is 0.778. The summed E-state index contributed by atoms with van der Waals surface area (Å²) in [7, 11) is 0. The second kappa shape index (κ2) is 3.87. The lowest BCUT2D eigenvalue weighted by molar-refractivity contribution is 0.124. The van der Waals surface area contributed by atoms with Crippen LogP contribution in [0.2, 0.25) is 0 Å². The first-order valence-corrected chi connectivity index (χ1v) is 4.90. The molecule has 4 heteroatoms. The van der Waals surface area contributed by atoms with Crippen LogP contribution in [0.4, 0.5) is 0 Å². The van der Waals surface area contributed by atoms with E-state index < -0.39 is 0 Å². The summed E-state index contributed by atoms with van der Waals surface area (Å²) in [6.07, 6.45) is 3.55. The molecule has 0 unspecified atom stereocenters. The van der Waals surface area contributed by atoms with E-state index in [0.29, 0.717) is 6.61 Å². The van der Waals surface area contributed by atoms with Crippen molar-refractivity contribution in [2.45, 2.75) is 39.3 Å². The number of ether oxygens (including phenoxy) is 1. The first kappa shape index (κ1) is 8.69. The third kappa shape index (κ3) is 1.72. The zero-order valence-corrected chi connectivity index (χ0v) is 7.99. The Morgan fingerprint density at radius 3 is 3.15 bits per heavy atom. The largest absolute Gasteiger partial charge is 0.374 e. The second-order valence-electron chi connectivity index (χ2n) is 3.28. The minimum Gasteiger partial charge on any atom is -0.374 e. The highest BCUT2D eigenvalue weighted by Gasteiger charge is 2.14. The van der Waals surface area contributed by atoms with Crippen molar-refractivity contribution in [3.8, 4) is 0 Å². The summed E-state index contributed by atoms with van der Waals surface area (Å²) in [5.74, 6) is 2.11. The van der Waals surface area contributed by atoms with Gasteiger partial charge in [-0.1, -0.05) is 0 Å². The molecule has 0 bridgehead atoms. The average Bonchev–Trinajstić information content (AvgIpc) is 2.58. The van der Waals surface area contributed by atoms with Gasteiger partial charge in [-0.05, 0) is 19.8 Å². The first-order valence-electron chi connectivity index (χ1n) is 4.90. The zero-order chi connectivity index (χ0) is 9.10. The molecule has 0 saturated heterocycles. The summed E-state index contributed by atoms with van der Waals surface area (Å²) in [6.45, 7) is 4.39. The molecule has 0 radical (unpaired) electrons. The Morgan fingerprint density at radius 2 is 2.31 bits per heavy atom. The molecule has 2 heterocycles. The monoisotopic (exact) mass is 181 g/mol. The highest BCUT2D eigenvalue weighted by molar-refractivity contribution is 4.97.